The topological polar surface area (TPSA) is 57.1 Å². The summed E-state index contributed by atoms with van der Waals surface area (Å²) in [6, 6.07) is 5.74. The summed E-state index contributed by atoms with van der Waals surface area (Å²) in [5, 5.41) is 2.70. The highest BCUT2D eigenvalue weighted by Gasteiger charge is 2.42. The average Bonchev–Trinajstić information content (AvgIpc) is 2.72. The second kappa shape index (κ2) is 13.1. The van der Waals surface area contributed by atoms with E-state index in [9.17, 15) is 18.1 Å². The quantitative estimate of drug-likeness (QED) is 0.198. The molecule has 12 heteroatoms. The molecule has 2 rings (SSSR count). The molecule has 0 N–H and O–H groups in total. The third kappa shape index (κ3) is 9.12. The third-order valence-electron chi connectivity index (χ3n) is 4.12. The van der Waals surface area contributed by atoms with Crippen molar-refractivity contribution in [3.05, 3.63) is 67.5 Å². The van der Waals surface area contributed by atoms with Crippen LogP contribution in [0.5, 0.6) is 17.2 Å². The van der Waals surface area contributed by atoms with Crippen LogP contribution in [0.1, 0.15) is 24.4 Å². The van der Waals surface area contributed by atoms with Crippen molar-refractivity contribution >= 4 is 46.4 Å². The standard InChI is InChI=1S/C21H18Cl4F3NO4/c22-16-11-15(32-10-7-18(24)25)12-17(23)19(16)33-9-2-1-8-31-14-5-3-13(4-6-14)20(29-30)21(26,27)28/h3-7,11-12,20H,1-2,8-10H2. The van der Waals surface area contributed by atoms with Gasteiger partial charge in [-0.2, -0.15) is 13.2 Å². The Morgan fingerprint density at radius 1 is 0.939 bits per heavy atom. The van der Waals surface area contributed by atoms with Gasteiger partial charge in [-0.05, 0) is 36.6 Å². The summed E-state index contributed by atoms with van der Waals surface area (Å²) < 4.78 is 54.8. The lowest BCUT2D eigenvalue weighted by atomic mass is 10.1. The minimum absolute atomic E-state index is 0.0819. The van der Waals surface area contributed by atoms with Gasteiger partial charge in [-0.25, -0.2) is 0 Å². The maximum Gasteiger partial charge on any atom is 0.418 e. The maximum absolute atomic E-state index is 12.7. The molecule has 0 heterocycles. The molecule has 0 radical (unpaired) electrons. The van der Waals surface area contributed by atoms with E-state index in [1.807, 2.05) is 0 Å². The molecule has 0 saturated carbocycles. The highest BCUT2D eigenvalue weighted by molar-refractivity contribution is 6.55. The van der Waals surface area contributed by atoms with Crippen LogP contribution in [-0.2, 0) is 0 Å². The zero-order valence-corrected chi connectivity index (χ0v) is 19.9. The fourth-order valence-corrected chi connectivity index (χ4v) is 3.29. The van der Waals surface area contributed by atoms with Crippen LogP contribution in [0, 0.1) is 4.91 Å². The van der Waals surface area contributed by atoms with Gasteiger partial charge in [0.05, 0.1) is 23.3 Å². The predicted molar refractivity (Wildman–Crippen MR) is 123 cm³/mol. The van der Waals surface area contributed by atoms with Gasteiger partial charge >= 0.3 is 6.18 Å². The van der Waals surface area contributed by atoms with Crippen LogP contribution in [0.4, 0.5) is 13.2 Å². The van der Waals surface area contributed by atoms with Crippen molar-refractivity contribution in [1.29, 1.82) is 0 Å². The van der Waals surface area contributed by atoms with Crippen LogP contribution in [0.3, 0.4) is 0 Å². The summed E-state index contributed by atoms with van der Waals surface area (Å²) in [7, 11) is 0. The Morgan fingerprint density at radius 3 is 2.03 bits per heavy atom. The lowest BCUT2D eigenvalue weighted by Crippen LogP contribution is -2.18. The summed E-state index contributed by atoms with van der Waals surface area (Å²) in [5.41, 5.74) is -0.247. The molecule has 0 aliphatic heterocycles. The van der Waals surface area contributed by atoms with Crippen LogP contribution in [0.25, 0.3) is 0 Å². The van der Waals surface area contributed by atoms with E-state index in [1.54, 1.807) is 12.1 Å². The Balaban J connectivity index is 1.75. The lowest BCUT2D eigenvalue weighted by molar-refractivity contribution is -0.148. The minimum atomic E-state index is -4.74. The molecule has 33 heavy (non-hydrogen) atoms. The monoisotopic (exact) mass is 545 g/mol. The van der Waals surface area contributed by atoms with E-state index in [1.165, 1.54) is 18.2 Å². The minimum Gasteiger partial charge on any atom is -0.494 e. The second-order valence-electron chi connectivity index (χ2n) is 6.54. The normalized spacial score (nSPS) is 12.1. The van der Waals surface area contributed by atoms with Gasteiger partial charge in [-0.3, -0.25) is 0 Å². The zero-order valence-electron chi connectivity index (χ0n) is 16.9. The van der Waals surface area contributed by atoms with Crippen molar-refractivity contribution in [3.8, 4) is 17.2 Å². The van der Waals surface area contributed by atoms with Crippen LogP contribution in [0.15, 0.2) is 52.1 Å². The smallest absolute Gasteiger partial charge is 0.418 e. The fourth-order valence-electron chi connectivity index (χ4n) is 2.58. The number of ether oxygens (including phenoxy) is 3. The van der Waals surface area contributed by atoms with E-state index in [2.05, 4.69) is 5.18 Å². The highest BCUT2D eigenvalue weighted by atomic mass is 35.5. The van der Waals surface area contributed by atoms with Crippen LogP contribution >= 0.6 is 46.4 Å². The first kappa shape index (κ1) is 27.4. The second-order valence-corrected chi connectivity index (χ2v) is 8.37. The van der Waals surface area contributed by atoms with E-state index < -0.39 is 12.2 Å². The first-order valence-corrected chi connectivity index (χ1v) is 11.0. The summed E-state index contributed by atoms with van der Waals surface area (Å²) >= 11 is 23.4. The molecule has 0 aromatic heterocycles. The van der Waals surface area contributed by atoms with Crippen molar-refractivity contribution in [2.24, 2.45) is 5.18 Å². The van der Waals surface area contributed by atoms with Gasteiger partial charge in [0, 0.05) is 12.1 Å². The molecule has 0 aliphatic carbocycles. The van der Waals surface area contributed by atoms with E-state index >= 15 is 0 Å². The Morgan fingerprint density at radius 2 is 1.52 bits per heavy atom. The molecular weight excluding hydrogens is 529 g/mol. The number of hydrogen-bond donors (Lipinski definition) is 0. The van der Waals surface area contributed by atoms with E-state index in [0.717, 1.165) is 12.1 Å². The van der Waals surface area contributed by atoms with Gasteiger partial charge in [0.2, 0.25) is 6.04 Å². The molecule has 0 fully saturated rings. The number of rotatable bonds is 12. The number of alkyl halides is 3. The third-order valence-corrected chi connectivity index (χ3v) is 4.99. The molecule has 2 aromatic rings. The van der Waals surface area contributed by atoms with E-state index in [0.29, 0.717) is 43.3 Å². The Hall–Kier alpha value is -1.87. The number of unbranched alkanes of at least 4 members (excludes halogenated alkanes) is 1. The molecule has 1 unspecified atom stereocenters. The maximum atomic E-state index is 12.7. The van der Waals surface area contributed by atoms with Crippen LogP contribution < -0.4 is 14.2 Å². The molecule has 2 aromatic carbocycles. The fraction of sp³-hybridized carbons (Fsp3) is 0.333. The molecule has 0 aliphatic rings. The number of nitrogens with zero attached hydrogens (tertiary/aromatic N) is 1. The van der Waals surface area contributed by atoms with Crippen molar-refractivity contribution in [2.45, 2.75) is 25.1 Å². The summed E-state index contributed by atoms with van der Waals surface area (Å²) in [5.74, 6) is 1.11. The summed E-state index contributed by atoms with van der Waals surface area (Å²) in [6.07, 6.45) is -2.06. The van der Waals surface area contributed by atoms with Crippen molar-refractivity contribution < 1.29 is 27.4 Å². The van der Waals surface area contributed by atoms with Crippen molar-refractivity contribution in [3.63, 3.8) is 0 Å². The van der Waals surface area contributed by atoms with Crippen molar-refractivity contribution in [2.75, 3.05) is 19.8 Å². The molecule has 180 valence electrons. The number of hydrogen-bond acceptors (Lipinski definition) is 5. The molecular formula is C21H18Cl4F3NO4. The van der Waals surface area contributed by atoms with Crippen molar-refractivity contribution in [1.82, 2.24) is 0 Å². The highest BCUT2D eigenvalue weighted by Crippen LogP contribution is 2.37. The number of halogens is 7. The number of benzene rings is 2. The Kier molecular flexibility index (Phi) is 10.9. The molecule has 0 bridgehead atoms. The van der Waals surface area contributed by atoms with Gasteiger partial charge < -0.3 is 14.2 Å². The molecule has 5 nitrogen and oxygen atoms in total. The van der Waals surface area contributed by atoms with E-state index in [-0.39, 0.29) is 26.7 Å². The van der Waals surface area contributed by atoms with Gasteiger partial charge in [-0.1, -0.05) is 63.7 Å². The molecule has 0 amide bonds. The van der Waals surface area contributed by atoms with Gasteiger partial charge in [0.25, 0.3) is 0 Å². The number of nitroso groups, excluding NO2 is 1. The van der Waals surface area contributed by atoms with E-state index in [4.69, 9.17) is 60.6 Å². The van der Waals surface area contributed by atoms with Gasteiger partial charge in [0.15, 0.2) is 5.75 Å². The van der Waals surface area contributed by atoms with Gasteiger partial charge in [-0.15, -0.1) is 4.91 Å². The predicted octanol–water partition coefficient (Wildman–Crippen LogP) is 8.30. The molecule has 0 spiro atoms. The lowest BCUT2D eigenvalue weighted by Gasteiger charge is -2.14. The SMILES string of the molecule is O=NC(c1ccc(OCCCCOc2c(Cl)cc(OCC=C(Cl)Cl)cc2Cl)cc1)C(F)(F)F. The van der Waals surface area contributed by atoms with Crippen LogP contribution in [0.2, 0.25) is 10.0 Å². The Labute approximate surface area is 208 Å². The first-order valence-electron chi connectivity index (χ1n) is 9.49. The zero-order chi connectivity index (χ0) is 24.4. The average molecular weight is 547 g/mol. The Bertz CT molecular complexity index is 929. The largest absolute Gasteiger partial charge is 0.494 e. The summed E-state index contributed by atoms with van der Waals surface area (Å²) in [4.78, 5) is 10.5. The molecule has 1 atom stereocenters. The summed E-state index contributed by atoms with van der Waals surface area (Å²) in [6.45, 7) is 0.766. The molecule has 0 saturated heterocycles. The van der Waals surface area contributed by atoms with Crippen LogP contribution in [-0.4, -0.2) is 26.0 Å². The van der Waals surface area contributed by atoms with Gasteiger partial charge in [0.1, 0.15) is 22.6 Å². The first-order chi connectivity index (χ1) is 15.6.